The quantitative estimate of drug-likeness (QED) is 0.490. The van der Waals surface area contributed by atoms with E-state index in [9.17, 15) is 9.59 Å². The van der Waals surface area contributed by atoms with Crippen LogP contribution in [0, 0.1) is 11.3 Å². The van der Waals surface area contributed by atoms with Gasteiger partial charge in [-0.3, -0.25) is 9.59 Å². The fraction of sp³-hybridized carbons (Fsp3) is 0.231. The van der Waals surface area contributed by atoms with E-state index in [1.807, 2.05) is 66.7 Å². The highest BCUT2D eigenvalue weighted by Crippen LogP contribution is 2.52. The number of hydrogen-bond acceptors (Lipinski definition) is 3. The maximum Gasteiger partial charge on any atom is 0.313 e. The van der Waals surface area contributed by atoms with Crippen LogP contribution in [0.15, 0.2) is 78.9 Å². The minimum atomic E-state index is -0.482. The molecule has 1 aliphatic heterocycles. The lowest BCUT2D eigenvalue weighted by Crippen LogP contribution is -2.31. The third-order valence-electron chi connectivity index (χ3n) is 6.48. The van der Waals surface area contributed by atoms with E-state index in [0.29, 0.717) is 25.0 Å². The first-order chi connectivity index (χ1) is 14.5. The molecule has 3 aromatic rings. The third-order valence-corrected chi connectivity index (χ3v) is 6.48. The molecule has 1 amide bonds. The van der Waals surface area contributed by atoms with Crippen LogP contribution in [0.2, 0.25) is 0 Å². The molecular formula is C26H23NO3. The van der Waals surface area contributed by atoms with E-state index in [4.69, 9.17) is 4.74 Å². The third kappa shape index (κ3) is 3.09. The van der Waals surface area contributed by atoms with Gasteiger partial charge < -0.3 is 10.1 Å². The number of carbonyl (C=O) groups is 2. The Morgan fingerprint density at radius 2 is 1.83 bits per heavy atom. The Labute approximate surface area is 175 Å². The van der Waals surface area contributed by atoms with Crippen LogP contribution in [0.1, 0.15) is 28.8 Å². The molecule has 1 aliphatic carbocycles. The molecule has 30 heavy (non-hydrogen) atoms. The summed E-state index contributed by atoms with van der Waals surface area (Å²) in [6, 6.07) is 21.4. The van der Waals surface area contributed by atoms with Gasteiger partial charge in [0, 0.05) is 22.6 Å². The second kappa shape index (κ2) is 7.13. The summed E-state index contributed by atoms with van der Waals surface area (Å²) in [6.07, 6.45) is 2.18. The molecule has 2 fully saturated rings. The summed E-state index contributed by atoms with van der Waals surface area (Å²) in [7, 11) is 0. The average Bonchev–Trinajstić information content (AvgIpc) is 3.22. The average molecular weight is 397 g/mol. The zero-order chi connectivity index (χ0) is 20.7. The molecule has 0 radical (unpaired) electrons. The molecule has 1 heterocycles. The van der Waals surface area contributed by atoms with E-state index in [-0.39, 0.29) is 17.8 Å². The van der Waals surface area contributed by atoms with Crippen molar-refractivity contribution in [2.24, 2.45) is 11.3 Å². The molecule has 5 rings (SSSR count). The van der Waals surface area contributed by atoms with Crippen LogP contribution in [0.25, 0.3) is 10.8 Å². The van der Waals surface area contributed by atoms with Crippen molar-refractivity contribution < 1.29 is 14.3 Å². The van der Waals surface area contributed by atoms with Gasteiger partial charge in [-0.15, -0.1) is 0 Å². The standard InChI is InChI=1S/C26H23NO3/c1-17-13-21-16-30-25(29)26(21,14-17)15-18-9-11-20(12-10-18)24(28)27-23-8-4-6-19-5-2-3-7-22(19)23/h2-12,21H,1,13-16H2,(H,27,28). The van der Waals surface area contributed by atoms with Gasteiger partial charge in [0.05, 0.1) is 12.0 Å². The van der Waals surface area contributed by atoms with Gasteiger partial charge in [0.25, 0.3) is 5.91 Å². The number of amides is 1. The molecule has 2 unspecified atom stereocenters. The summed E-state index contributed by atoms with van der Waals surface area (Å²) in [5, 5.41) is 5.11. The predicted octanol–water partition coefficient (Wildman–Crippen LogP) is 5.14. The van der Waals surface area contributed by atoms with Crippen LogP contribution in [0.4, 0.5) is 5.69 Å². The van der Waals surface area contributed by atoms with Crippen molar-refractivity contribution in [3.63, 3.8) is 0 Å². The second-order valence-electron chi connectivity index (χ2n) is 8.44. The first-order valence-electron chi connectivity index (χ1n) is 10.3. The first-order valence-corrected chi connectivity index (χ1v) is 10.3. The lowest BCUT2D eigenvalue weighted by atomic mass is 9.75. The minimum Gasteiger partial charge on any atom is -0.465 e. The zero-order valence-electron chi connectivity index (χ0n) is 16.7. The number of nitrogens with one attached hydrogen (secondary N) is 1. The molecule has 2 atom stereocenters. The molecule has 1 saturated heterocycles. The van der Waals surface area contributed by atoms with Gasteiger partial charge in [0.2, 0.25) is 0 Å². The van der Waals surface area contributed by atoms with E-state index in [1.165, 1.54) is 0 Å². The molecule has 1 saturated carbocycles. The van der Waals surface area contributed by atoms with Crippen molar-refractivity contribution in [2.75, 3.05) is 11.9 Å². The van der Waals surface area contributed by atoms with Gasteiger partial charge in [-0.25, -0.2) is 0 Å². The number of esters is 1. The van der Waals surface area contributed by atoms with Gasteiger partial charge in [-0.1, -0.05) is 60.7 Å². The van der Waals surface area contributed by atoms with Crippen molar-refractivity contribution in [3.8, 4) is 0 Å². The fourth-order valence-electron chi connectivity index (χ4n) is 4.93. The van der Waals surface area contributed by atoms with E-state index < -0.39 is 5.41 Å². The normalized spacial score (nSPS) is 22.7. The SMILES string of the molecule is C=C1CC2COC(=O)C2(Cc2ccc(C(=O)Nc3cccc4ccccc34)cc2)C1. The van der Waals surface area contributed by atoms with Crippen LogP contribution in [0.5, 0.6) is 0 Å². The van der Waals surface area contributed by atoms with Crippen molar-refractivity contribution in [1.82, 2.24) is 0 Å². The molecule has 3 aromatic carbocycles. The number of ether oxygens (including phenoxy) is 1. The summed E-state index contributed by atoms with van der Waals surface area (Å²) in [5.74, 6) is -0.0424. The van der Waals surface area contributed by atoms with E-state index in [0.717, 1.165) is 34.0 Å². The minimum absolute atomic E-state index is 0.107. The second-order valence-corrected chi connectivity index (χ2v) is 8.44. The molecule has 0 bridgehead atoms. The number of fused-ring (bicyclic) bond motifs is 2. The summed E-state index contributed by atoms with van der Waals surface area (Å²) in [4.78, 5) is 25.3. The molecule has 4 heteroatoms. The Bertz CT molecular complexity index is 1160. The van der Waals surface area contributed by atoms with Crippen molar-refractivity contribution in [2.45, 2.75) is 19.3 Å². The molecule has 0 spiro atoms. The van der Waals surface area contributed by atoms with Crippen LogP contribution < -0.4 is 5.32 Å². The molecule has 1 N–H and O–H groups in total. The number of anilines is 1. The van der Waals surface area contributed by atoms with Crippen molar-refractivity contribution >= 4 is 28.3 Å². The molecule has 150 valence electrons. The maximum atomic E-state index is 12.8. The Morgan fingerprint density at radius 3 is 2.67 bits per heavy atom. The van der Waals surface area contributed by atoms with E-state index in [1.54, 1.807) is 0 Å². The summed E-state index contributed by atoms with van der Waals surface area (Å²) < 4.78 is 5.36. The first kappa shape index (κ1) is 18.6. The number of cyclic esters (lactones) is 1. The number of rotatable bonds is 4. The Balaban J connectivity index is 1.34. The number of benzene rings is 3. The van der Waals surface area contributed by atoms with Gasteiger partial charge in [-0.05, 0) is 48.4 Å². The maximum absolute atomic E-state index is 12.8. The monoisotopic (exact) mass is 397 g/mol. The van der Waals surface area contributed by atoms with E-state index in [2.05, 4.69) is 11.9 Å². The van der Waals surface area contributed by atoms with Gasteiger partial charge in [0.15, 0.2) is 0 Å². The van der Waals surface area contributed by atoms with Crippen LogP contribution in [-0.2, 0) is 16.0 Å². The Morgan fingerprint density at radius 1 is 1.07 bits per heavy atom. The van der Waals surface area contributed by atoms with Gasteiger partial charge in [-0.2, -0.15) is 0 Å². The van der Waals surface area contributed by atoms with Crippen molar-refractivity contribution in [3.05, 3.63) is 90.0 Å². The predicted molar refractivity (Wildman–Crippen MR) is 117 cm³/mol. The van der Waals surface area contributed by atoms with Crippen LogP contribution in [-0.4, -0.2) is 18.5 Å². The highest BCUT2D eigenvalue weighted by atomic mass is 16.5. The van der Waals surface area contributed by atoms with Crippen LogP contribution >= 0.6 is 0 Å². The lowest BCUT2D eigenvalue weighted by molar-refractivity contribution is -0.146. The summed E-state index contributed by atoms with van der Waals surface area (Å²) in [5.41, 5.74) is 3.06. The van der Waals surface area contributed by atoms with Crippen LogP contribution in [0.3, 0.4) is 0 Å². The number of carbonyl (C=O) groups excluding carboxylic acids is 2. The Hall–Kier alpha value is -3.40. The smallest absolute Gasteiger partial charge is 0.313 e. The van der Waals surface area contributed by atoms with Gasteiger partial charge >= 0.3 is 5.97 Å². The highest BCUT2D eigenvalue weighted by molar-refractivity contribution is 6.09. The number of hydrogen-bond donors (Lipinski definition) is 1. The topological polar surface area (TPSA) is 55.4 Å². The van der Waals surface area contributed by atoms with E-state index >= 15 is 0 Å². The van der Waals surface area contributed by atoms with Crippen molar-refractivity contribution in [1.29, 1.82) is 0 Å². The fourth-order valence-corrected chi connectivity index (χ4v) is 4.93. The zero-order valence-corrected chi connectivity index (χ0v) is 16.7. The molecule has 0 aromatic heterocycles. The van der Waals surface area contributed by atoms with Gasteiger partial charge in [0.1, 0.15) is 0 Å². The largest absolute Gasteiger partial charge is 0.465 e. The molecule has 2 aliphatic rings. The lowest BCUT2D eigenvalue weighted by Gasteiger charge is -2.24. The number of allylic oxidation sites excluding steroid dienone is 1. The summed E-state index contributed by atoms with van der Waals surface area (Å²) >= 11 is 0. The molecular weight excluding hydrogens is 374 g/mol. The summed E-state index contributed by atoms with van der Waals surface area (Å²) in [6.45, 7) is 4.59. The highest BCUT2D eigenvalue weighted by Gasteiger charge is 2.55. The molecule has 4 nitrogen and oxygen atoms in total. The Kier molecular flexibility index (Phi) is 4.43.